The summed E-state index contributed by atoms with van der Waals surface area (Å²) in [5.41, 5.74) is 1.19. The number of likely N-dealkylation sites (tertiary alicyclic amines) is 1. The summed E-state index contributed by atoms with van der Waals surface area (Å²) < 4.78 is 31.5. The molecule has 2 amide bonds. The van der Waals surface area contributed by atoms with Gasteiger partial charge in [0, 0.05) is 13.1 Å². The van der Waals surface area contributed by atoms with Crippen LogP contribution in [0.1, 0.15) is 29.6 Å². The lowest BCUT2D eigenvalue weighted by Gasteiger charge is -2.34. The van der Waals surface area contributed by atoms with Crippen molar-refractivity contribution in [3.8, 4) is 5.75 Å². The minimum Gasteiger partial charge on any atom is -0.476 e. The lowest BCUT2D eigenvalue weighted by atomic mass is 10.1. The van der Waals surface area contributed by atoms with Crippen LogP contribution in [0, 0.1) is 0 Å². The Labute approximate surface area is 181 Å². The van der Waals surface area contributed by atoms with Crippen molar-refractivity contribution in [2.24, 2.45) is 0 Å². The van der Waals surface area contributed by atoms with Crippen LogP contribution in [0.5, 0.6) is 5.75 Å². The van der Waals surface area contributed by atoms with Crippen LogP contribution < -0.4 is 14.4 Å². The molecule has 31 heavy (non-hydrogen) atoms. The van der Waals surface area contributed by atoms with Crippen LogP contribution in [0.2, 0.25) is 0 Å². The monoisotopic (exact) mass is 443 g/mol. The molecule has 8 nitrogen and oxygen atoms in total. The zero-order valence-corrected chi connectivity index (χ0v) is 18.1. The van der Waals surface area contributed by atoms with Gasteiger partial charge in [-0.05, 0) is 43.5 Å². The Kier molecular flexibility index (Phi) is 5.86. The number of hydrogen-bond donors (Lipinski definition) is 1. The quantitative estimate of drug-likeness (QED) is 0.783. The molecular weight excluding hydrogens is 418 g/mol. The second-order valence-corrected chi connectivity index (χ2v) is 9.66. The van der Waals surface area contributed by atoms with E-state index >= 15 is 0 Å². The van der Waals surface area contributed by atoms with Crippen molar-refractivity contribution < 1.29 is 22.7 Å². The average molecular weight is 444 g/mol. The number of anilines is 2. The molecule has 0 bridgehead atoms. The lowest BCUT2D eigenvalue weighted by molar-refractivity contribution is -0.122. The molecule has 0 saturated carbocycles. The summed E-state index contributed by atoms with van der Waals surface area (Å²) in [6.07, 6.45) is 3.09. The molecule has 0 unspecified atom stereocenters. The summed E-state index contributed by atoms with van der Waals surface area (Å²) in [5, 5.41) is 2.77. The van der Waals surface area contributed by atoms with Crippen molar-refractivity contribution in [3.63, 3.8) is 0 Å². The van der Waals surface area contributed by atoms with Gasteiger partial charge in [-0.25, -0.2) is 8.42 Å². The van der Waals surface area contributed by atoms with Crippen molar-refractivity contribution in [1.82, 2.24) is 4.90 Å². The van der Waals surface area contributed by atoms with E-state index in [1.165, 1.54) is 4.31 Å². The Balaban J connectivity index is 1.56. The van der Waals surface area contributed by atoms with E-state index in [0.717, 1.165) is 25.5 Å². The van der Waals surface area contributed by atoms with Crippen LogP contribution in [-0.2, 0) is 14.8 Å². The van der Waals surface area contributed by atoms with Gasteiger partial charge in [-0.15, -0.1) is 0 Å². The van der Waals surface area contributed by atoms with Crippen LogP contribution in [0.4, 0.5) is 11.4 Å². The predicted octanol–water partition coefficient (Wildman–Crippen LogP) is 2.48. The van der Waals surface area contributed by atoms with E-state index in [1.807, 2.05) is 0 Å². The SMILES string of the molecule is CS(=O)(=O)N1C[C@H](C(=O)Nc2ccccc2C(=O)N2CCCCC2)Oc2ccccc21. The summed E-state index contributed by atoms with van der Waals surface area (Å²) in [6.45, 7) is 1.25. The molecule has 1 N–H and O–H groups in total. The molecule has 1 fully saturated rings. The topological polar surface area (TPSA) is 96.0 Å². The zero-order chi connectivity index (χ0) is 22.0. The maximum Gasteiger partial charge on any atom is 0.267 e. The molecule has 0 aliphatic carbocycles. The van der Waals surface area contributed by atoms with Crippen LogP contribution in [0.15, 0.2) is 48.5 Å². The molecule has 2 aromatic rings. The number of sulfonamides is 1. The van der Waals surface area contributed by atoms with E-state index in [1.54, 1.807) is 53.4 Å². The lowest BCUT2D eigenvalue weighted by Crippen LogP contribution is -2.48. The number of hydrogen-bond acceptors (Lipinski definition) is 5. The second-order valence-electron chi connectivity index (χ2n) is 7.76. The van der Waals surface area contributed by atoms with E-state index in [9.17, 15) is 18.0 Å². The van der Waals surface area contributed by atoms with Gasteiger partial charge in [-0.2, -0.15) is 0 Å². The highest BCUT2D eigenvalue weighted by atomic mass is 32.2. The first-order valence-electron chi connectivity index (χ1n) is 10.3. The number of nitrogens with zero attached hydrogens (tertiary/aromatic N) is 2. The molecule has 4 rings (SSSR count). The third kappa shape index (κ3) is 4.51. The third-order valence-electron chi connectivity index (χ3n) is 5.49. The van der Waals surface area contributed by atoms with E-state index in [-0.39, 0.29) is 12.5 Å². The van der Waals surface area contributed by atoms with Gasteiger partial charge in [-0.3, -0.25) is 13.9 Å². The zero-order valence-electron chi connectivity index (χ0n) is 17.3. The smallest absolute Gasteiger partial charge is 0.267 e. The van der Waals surface area contributed by atoms with Crippen molar-refractivity contribution in [2.45, 2.75) is 25.4 Å². The molecular formula is C22H25N3O5S. The third-order valence-corrected chi connectivity index (χ3v) is 6.63. The summed E-state index contributed by atoms with van der Waals surface area (Å²) >= 11 is 0. The highest BCUT2D eigenvalue weighted by Crippen LogP contribution is 2.35. The Morgan fingerprint density at radius 1 is 1.00 bits per heavy atom. The largest absolute Gasteiger partial charge is 0.476 e. The standard InChI is InChI=1S/C22H25N3O5S/c1-31(28,29)25-15-20(30-19-12-6-5-11-18(19)25)21(26)23-17-10-4-3-9-16(17)22(27)24-13-7-2-8-14-24/h3-6,9-12,20H,2,7-8,13-15H2,1H3,(H,23,26)/t20-/m1/s1. The van der Waals surface area contributed by atoms with Crippen molar-refractivity contribution in [2.75, 3.05) is 35.5 Å². The molecule has 0 spiro atoms. The van der Waals surface area contributed by atoms with E-state index < -0.39 is 22.0 Å². The number of nitrogens with one attached hydrogen (secondary N) is 1. The van der Waals surface area contributed by atoms with Crippen LogP contribution >= 0.6 is 0 Å². The number of amides is 2. The van der Waals surface area contributed by atoms with Crippen LogP contribution in [0.3, 0.4) is 0 Å². The Morgan fingerprint density at radius 3 is 2.42 bits per heavy atom. The van der Waals surface area contributed by atoms with Gasteiger partial charge in [0.2, 0.25) is 10.0 Å². The first-order chi connectivity index (χ1) is 14.8. The molecule has 2 aliphatic heterocycles. The minimum absolute atomic E-state index is 0.122. The highest BCUT2D eigenvalue weighted by Gasteiger charge is 2.35. The fourth-order valence-corrected chi connectivity index (χ4v) is 4.83. The number of carbonyl (C=O) groups excluding carboxylic acids is 2. The van der Waals surface area contributed by atoms with Gasteiger partial charge >= 0.3 is 0 Å². The van der Waals surface area contributed by atoms with Gasteiger partial charge in [0.05, 0.1) is 29.7 Å². The summed E-state index contributed by atoms with van der Waals surface area (Å²) in [6, 6.07) is 13.5. The summed E-state index contributed by atoms with van der Waals surface area (Å²) in [5.74, 6) is -0.317. The fourth-order valence-electron chi connectivity index (χ4n) is 3.91. The van der Waals surface area contributed by atoms with Crippen molar-refractivity contribution >= 4 is 33.2 Å². The Bertz CT molecular complexity index is 1100. The normalized spacial score (nSPS) is 18.7. The molecule has 0 radical (unpaired) electrons. The summed E-state index contributed by atoms with van der Waals surface area (Å²) in [4.78, 5) is 27.8. The summed E-state index contributed by atoms with van der Waals surface area (Å²) in [7, 11) is -3.60. The number of ether oxygens (including phenoxy) is 1. The van der Waals surface area contributed by atoms with Crippen LogP contribution in [-0.4, -0.2) is 57.1 Å². The van der Waals surface area contributed by atoms with E-state index in [0.29, 0.717) is 35.8 Å². The molecule has 1 atom stereocenters. The Morgan fingerprint density at radius 2 is 1.68 bits per heavy atom. The van der Waals surface area contributed by atoms with Gasteiger partial charge in [0.25, 0.3) is 11.8 Å². The van der Waals surface area contributed by atoms with E-state index in [2.05, 4.69) is 5.32 Å². The Hall–Kier alpha value is -3.07. The maximum atomic E-state index is 13.0. The predicted molar refractivity (Wildman–Crippen MR) is 118 cm³/mol. The molecule has 2 aliphatic rings. The molecule has 1 saturated heterocycles. The first kappa shape index (κ1) is 21.2. The number of para-hydroxylation sites is 3. The molecule has 0 aromatic heterocycles. The number of piperidine rings is 1. The number of carbonyl (C=O) groups is 2. The molecule has 2 aromatic carbocycles. The van der Waals surface area contributed by atoms with Gasteiger partial charge in [0.1, 0.15) is 5.75 Å². The second kappa shape index (κ2) is 8.58. The fraction of sp³-hybridized carbons (Fsp3) is 0.364. The molecule has 2 heterocycles. The highest BCUT2D eigenvalue weighted by molar-refractivity contribution is 7.92. The van der Waals surface area contributed by atoms with Gasteiger partial charge in [-0.1, -0.05) is 24.3 Å². The van der Waals surface area contributed by atoms with E-state index in [4.69, 9.17) is 4.74 Å². The average Bonchev–Trinajstić information content (AvgIpc) is 2.78. The van der Waals surface area contributed by atoms with Gasteiger partial charge in [0.15, 0.2) is 6.10 Å². The first-order valence-corrected chi connectivity index (χ1v) is 12.1. The number of fused-ring (bicyclic) bond motifs is 1. The van der Waals surface area contributed by atoms with Crippen LogP contribution in [0.25, 0.3) is 0 Å². The maximum absolute atomic E-state index is 13.0. The minimum atomic E-state index is -3.60. The van der Waals surface area contributed by atoms with Crippen molar-refractivity contribution in [3.05, 3.63) is 54.1 Å². The van der Waals surface area contributed by atoms with Gasteiger partial charge < -0.3 is 15.0 Å². The molecule has 9 heteroatoms. The molecule has 164 valence electrons. The van der Waals surface area contributed by atoms with Crippen molar-refractivity contribution in [1.29, 1.82) is 0 Å². The number of rotatable bonds is 4. The number of benzene rings is 2.